The molecule has 4 nitrogen and oxygen atoms in total. The topological polar surface area (TPSA) is 44.1 Å². The Balaban J connectivity index is 1.70. The van der Waals surface area contributed by atoms with Crippen molar-refractivity contribution >= 4 is 33.3 Å². The number of ether oxygens (including phenoxy) is 1. The zero-order valence-corrected chi connectivity index (χ0v) is 13.7. The second-order valence-electron chi connectivity index (χ2n) is 5.74. The fraction of sp³-hybridized carbons (Fsp3) is 0.600. The highest BCUT2D eigenvalue weighted by Crippen LogP contribution is 2.35. The molecule has 1 fully saturated rings. The Hall–Kier alpha value is -0.850. The lowest BCUT2D eigenvalue weighted by molar-refractivity contribution is 0.129. The van der Waals surface area contributed by atoms with Gasteiger partial charge in [0.05, 0.1) is 11.5 Å². The highest BCUT2D eigenvalue weighted by Gasteiger charge is 2.23. The van der Waals surface area contributed by atoms with Gasteiger partial charge >= 0.3 is 0 Å². The van der Waals surface area contributed by atoms with Crippen molar-refractivity contribution in [3.63, 3.8) is 0 Å². The van der Waals surface area contributed by atoms with E-state index >= 15 is 0 Å². The fourth-order valence-electron chi connectivity index (χ4n) is 3.18. The molecule has 6 heteroatoms. The molecule has 0 spiro atoms. The summed E-state index contributed by atoms with van der Waals surface area (Å²) in [6.45, 7) is 0.869. The highest BCUT2D eigenvalue weighted by atomic mass is 32.2. The Kier molecular flexibility index (Phi) is 3.55. The summed E-state index contributed by atoms with van der Waals surface area (Å²) in [6, 6.07) is 0. The summed E-state index contributed by atoms with van der Waals surface area (Å²) in [5.41, 5.74) is 1.38. The Labute approximate surface area is 131 Å². The molecule has 112 valence electrons. The molecule has 3 heterocycles. The van der Waals surface area contributed by atoms with Gasteiger partial charge in [-0.15, -0.1) is 11.3 Å². The number of fused-ring (bicyclic) bond motifs is 3. The van der Waals surface area contributed by atoms with E-state index < -0.39 is 0 Å². The quantitative estimate of drug-likeness (QED) is 0.644. The van der Waals surface area contributed by atoms with Crippen molar-refractivity contribution in [2.75, 3.05) is 12.4 Å². The van der Waals surface area contributed by atoms with E-state index in [9.17, 15) is 4.79 Å². The van der Waals surface area contributed by atoms with Crippen molar-refractivity contribution in [2.24, 2.45) is 7.05 Å². The first-order valence-corrected chi connectivity index (χ1v) is 9.30. The van der Waals surface area contributed by atoms with Crippen molar-refractivity contribution in [3.8, 4) is 0 Å². The number of hydrogen-bond acceptors (Lipinski definition) is 5. The molecule has 2 aromatic rings. The van der Waals surface area contributed by atoms with Crippen LogP contribution in [-0.2, 0) is 24.6 Å². The van der Waals surface area contributed by atoms with Gasteiger partial charge in [-0.1, -0.05) is 11.8 Å². The summed E-state index contributed by atoms with van der Waals surface area (Å²) in [6.07, 6.45) is 5.91. The molecule has 1 saturated heterocycles. The Morgan fingerprint density at radius 1 is 1.43 bits per heavy atom. The van der Waals surface area contributed by atoms with E-state index in [-0.39, 0.29) is 5.56 Å². The summed E-state index contributed by atoms with van der Waals surface area (Å²) < 4.78 is 7.36. The van der Waals surface area contributed by atoms with E-state index in [4.69, 9.17) is 9.72 Å². The van der Waals surface area contributed by atoms with Crippen LogP contribution in [0.5, 0.6) is 0 Å². The van der Waals surface area contributed by atoms with Crippen LogP contribution in [0.4, 0.5) is 0 Å². The average molecular weight is 322 g/mol. The first-order chi connectivity index (χ1) is 10.2. The molecule has 2 aromatic heterocycles. The maximum Gasteiger partial charge on any atom is 0.262 e. The molecule has 0 aromatic carbocycles. The Bertz CT molecular complexity index is 744. The maximum atomic E-state index is 12.7. The summed E-state index contributed by atoms with van der Waals surface area (Å²) in [5, 5.41) is 1.69. The van der Waals surface area contributed by atoms with Crippen molar-refractivity contribution < 1.29 is 4.74 Å². The number of nitrogens with zero attached hydrogens (tertiary/aromatic N) is 2. The van der Waals surface area contributed by atoms with Crippen LogP contribution in [0.15, 0.2) is 9.95 Å². The summed E-state index contributed by atoms with van der Waals surface area (Å²) in [5.74, 6) is 0.886. The van der Waals surface area contributed by atoms with Crippen LogP contribution in [0, 0.1) is 0 Å². The van der Waals surface area contributed by atoms with Gasteiger partial charge in [0.15, 0.2) is 5.16 Å². The predicted octanol–water partition coefficient (Wildman–Crippen LogP) is 2.75. The molecule has 0 saturated carbocycles. The molecule has 1 unspecified atom stereocenters. The number of hydrogen-bond donors (Lipinski definition) is 0. The zero-order valence-electron chi connectivity index (χ0n) is 12.1. The Morgan fingerprint density at radius 3 is 3.14 bits per heavy atom. The molecule has 4 rings (SSSR count). The smallest absolute Gasteiger partial charge is 0.262 e. The number of aryl methyl sites for hydroxylation is 2. The van der Waals surface area contributed by atoms with Crippen LogP contribution in [0.3, 0.4) is 0 Å². The molecule has 0 radical (unpaired) electrons. The monoisotopic (exact) mass is 322 g/mol. The number of rotatable bonds is 3. The molecule has 0 bridgehead atoms. The molecule has 0 amide bonds. The van der Waals surface area contributed by atoms with E-state index in [1.165, 1.54) is 16.9 Å². The standard InChI is InChI=1S/C15H18N2O2S2/c1-17-14(18)12-10-5-2-6-11(10)21-13(12)16-15(17)20-8-9-4-3-7-19-9/h9H,2-8H2,1H3. The van der Waals surface area contributed by atoms with Crippen LogP contribution in [0.25, 0.3) is 10.2 Å². The first-order valence-electron chi connectivity index (χ1n) is 7.49. The van der Waals surface area contributed by atoms with Crippen LogP contribution in [0.2, 0.25) is 0 Å². The van der Waals surface area contributed by atoms with Crippen molar-refractivity contribution in [1.29, 1.82) is 0 Å². The third kappa shape index (κ3) is 2.33. The highest BCUT2D eigenvalue weighted by molar-refractivity contribution is 7.99. The van der Waals surface area contributed by atoms with Gasteiger partial charge in [-0.3, -0.25) is 9.36 Å². The molecular formula is C15H18N2O2S2. The third-order valence-corrected chi connectivity index (χ3v) is 6.68. The second-order valence-corrected chi connectivity index (χ2v) is 7.81. The normalized spacial score (nSPS) is 21.3. The largest absolute Gasteiger partial charge is 0.377 e. The van der Waals surface area contributed by atoms with E-state index in [1.807, 2.05) is 7.05 Å². The third-order valence-electron chi connectivity index (χ3n) is 4.33. The van der Waals surface area contributed by atoms with Gasteiger partial charge in [-0.25, -0.2) is 4.98 Å². The maximum absolute atomic E-state index is 12.7. The second kappa shape index (κ2) is 5.41. The molecule has 21 heavy (non-hydrogen) atoms. The van der Waals surface area contributed by atoms with Crippen LogP contribution in [-0.4, -0.2) is 28.0 Å². The van der Waals surface area contributed by atoms with Gasteiger partial charge < -0.3 is 4.74 Å². The molecule has 1 aliphatic carbocycles. The van der Waals surface area contributed by atoms with Crippen molar-refractivity contribution in [3.05, 3.63) is 20.8 Å². The van der Waals surface area contributed by atoms with Crippen LogP contribution < -0.4 is 5.56 Å². The van der Waals surface area contributed by atoms with Gasteiger partial charge in [-0.05, 0) is 37.7 Å². The van der Waals surface area contributed by atoms with E-state index in [2.05, 4.69) is 0 Å². The SMILES string of the molecule is Cn1c(SCC2CCCO2)nc2sc3c(c2c1=O)CCC3. The molecular weight excluding hydrogens is 304 g/mol. The first kappa shape index (κ1) is 13.8. The minimum absolute atomic E-state index is 0.120. The molecule has 0 N–H and O–H groups in total. The van der Waals surface area contributed by atoms with Gasteiger partial charge in [0.1, 0.15) is 4.83 Å². The molecule has 2 aliphatic rings. The summed E-state index contributed by atoms with van der Waals surface area (Å²) in [7, 11) is 1.84. The minimum Gasteiger partial charge on any atom is -0.377 e. The van der Waals surface area contributed by atoms with Gasteiger partial charge in [-0.2, -0.15) is 0 Å². The number of thiophene rings is 1. The van der Waals surface area contributed by atoms with Crippen LogP contribution in [0.1, 0.15) is 29.7 Å². The van der Waals surface area contributed by atoms with Crippen molar-refractivity contribution in [2.45, 2.75) is 43.4 Å². The summed E-state index contributed by atoms with van der Waals surface area (Å²) >= 11 is 3.36. The average Bonchev–Trinajstić information content (AvgIpc) is 3.17. The van der Waals surface area contributed by atoms with Crippen LogP contribution >= 0.6 is 23.1 Å². The fourth-order valence-corrected chi connectivity index (χ4v) is 5.52. The van der Waals surface area contributed by atoms with Gasteiger partial charge in [0.2, 0.25) is 0 Å². The Morgan fingerprint density at radius 2 is 2.33 bits per heavy atom. The minimum atomic E-state index is 0.120. The van der Waals surface area contributed by atoms with Crippen molar-refractivity contribution in [1.82, 2.24) is 9.55 Å². The zero-order chi connectivity index (χ0) is 14.4. The van der Waals surface area contributed by atoms with E-state index in [0.29, 0.717) is 6.10 Å². The number of thioether (sulfide) groups is 1. The predicted molar refractivity (Wildman–Crippen MR) is 86.6 cm³/mol. The van der Waals surface area contributed by atoms with Gasteiger partial charge in [0, 0.05) is 24.3 Å². The lowest BCUT2D eigenvalue weighted by Gasteiger charge is -2.10. The number of aromatic nitrogens is 2. The van der Waals surface area contributed by atoms with E-state index in [1.54, 1.807) is 27.7 Å². The van der Waals surface area contributed by atoms with Gasteiger partial charge in [0.25, 0.3) is 5.56 Å². The lowest BCUT2D eigenvalue weighted by atomic mass is 10.2. The molecule has 1 aliphatic heterocycles. The van der Waals surface area contributed by atoms with E-state index in [0.717, 1.165) is 53.4 Å². The summed E-state index contributed by atoms with van der Waals surface area (Å²) in [4.78, 5) is 19.7. The molecule has 1 atom stereocenters. The lowest BCUT2D eigenvalue weighted by Crippen LogP contribution is -2.21.